The molecule has 33 heavy (non-hydrogen) atoms. The number of nitrogens with two attached hydrogens (primary N) is 1. The van der Waals surface area contributed by atoms with Crippen LogP contribution in [-0.4, -0.2) is 29.7 Å². The summed E-state index contributed by atoms with van der Waals surface area (Å²) in [5.41, 5.74) is 3.79. The van der Waals surface area contributed by atoms with E-state index in [-0.39, 0.29) is 29.9 Å². The summed E-state index contributed by atoms with van der Waals surface area (Å²) < 4.78 is 53.3. The van der Waals surface area contributed by atoms with Gasteiger partial charge in [0.1, 0.15) is 12.6 Å². The number of benzene rings is 2. The molecule has 3 aromatic rings. The lowest BCUT2D eigenvalue weighted by molar-refractivity contribution is -0.143. The molecule has 0 bridgehead atoms. The zero-order valence-corrected chi connectivity index (χ0v) is 17.8. The minimum absolute atomic E-state index is 0.0103. The van der Waals surface area contributed by atoms with Gasteiger partial charge in [0.25, 0.3) is 0 Å². The topological polar surface area (TPSA) is 107 Å². The first-order valence-corrected chi connectivity index (χ1v) is 9.99. The van der Waals surface area contributed by atoms with E-state index < -0.39 is 47.0 Å². The Morgan fingerprint density at radius 1 is 1.12 bits per heavy atom. The monoisotopic (exact) mass is 459 g/mol. The number of anilines is 1. The van der Waals surface area contributed by atoms with Crippen LogP contribution in [0.3, 0.4) is 0 Å². The summed E-state index contributed by atoms with van der Waals surface area (Å²) in [6.07, 6.45) is -4.87. The summed E-state index contributed by atoms with van der Waals surface area (Å²) in [5.74, 6) is -1.84. The minimum atomic E-state index is -4.87. The molecule has 0 aliphatic heterocycles. The molecule has 2 N–H and O–H groups in total. The molecule has 0 atom stereocenters. The van der Waals surface area contributed by atoms with Crippen LogP contribution in [0.2, 0.25) is 0 Å². The van der Waals surface area contributed by atoms with E-state index in [1.165, 1.54) is 6.92 Å². The fraction of sp³-hybridized carbons (Fsp3) is 0.261. The van der Waals surface area contributed by atoms with E-state index in [0.717, 1.165) is 10.6 Å². The Balaban J connectivity index is 2.54. The van der Waals surface area contributed by atoms with E-state index in [4.69, 9.17) is 15.2 Å². The second-order valence-electron chi connectivity index (χ2n) is 6.92. The molecule has 3 rings (SSSR count). The third kappa shape index (κ3) is 4.35. The Kier molecular flexibility index (Phi) is 6.62. The van der Waals surface area contributed by atoms with Gasteiger partial charge in [-0.15, -0.1) is 0 Å². The van der Waals surface area contributed by atoms with Crippen molar-refractivity contribution in [2.45, 2.75) is 26.6 Å². The van der Waals surface area contributed by atoms with E-state index in [2.05, 4.69) is 0 Å². The summed E-state index contributed by atoms with van der Waals surface area (Å²) in [5, 5.41) is 9.41. The van der Waals surface area contributed by atoms with Gasteiger partial charge >= 0.3 is 18.1 Å². The fourth-order valence-electron chi connectivity index (χ4n) is 3.68. The Hall–Kier alpha value is -4.00. The maximum Gasteiger partial charge on any atom is 0.417 e. The average molecular weight is 459 g/mol. The van der Waals surface area contributed by atoms with Crippen LogP contribution in [0.25, 0.3) is 22.0 Å². The van der Waals surface area contributed by atoms with Crippen LogP contribution in [0.4, 0.5) is 18.9 Å². The van der Waals surface area contributed by atoms with Crippen LogP contribution in [0.5, 0.6) is 0 Å². The first-order chi connectivity index (χ1) is 15.6. The lowest BCUT2D eigenvalue weighted by atomic mass is 9.94. The summed E-state index contributed by atoms with van der Waals surface area (Å²) >= 11 is 0. The molecule has 0 saturated heterocycles. The zero-order valence-electron chi connectivity index (χ0n) is 17.8. The van der Waals surface area contributed by atoms with Gasteiger partial charge in [-0.05, 0) is 25.5 Å². The van der Waals surface area contributed by atoms with Gasteiger partial charge in [0, 0.05) is 10.9 Å². The van der Waals surface area contributed by atoms with Gasteiger partial charge in [0.05, 0.1) is 35.5 Å². The fourth-order valence-corrected chi connectivity index (χ4v) is 3.68. The zero-order chi connectivity index (χ0) is 24.3. The number of alkyl halides is 3. The highest BCUT2D eigenvalue weighted by molar-refractivity contribution is 6.11. The number of rotatable bonds is 6. The minimum Gasteiger partial charge on any atom is -0.465 e. The highest BCUT2D eigenvalue weighted by atomic mass is 19.4. The number of esters is 2. The number of fused-ring (bicyclic) bond motifs is 1. The number of hydrogen-bond acceptors (Lipinski definition) is 6. The number of carbonyl (C=O) groups is 2. The van der Waals surface area contributed by atoms with Gasteiger partial charge < -0.3 is 19.8 Å². The Morgan fingerprint density at radius 3 is 2.30 bits per heavy atom. The smallest absolute Gasteiger partial charge is 0.417 e. The molecule has 1 aromatic heterocycles. The Morgan fingerprint density at radius 2 is 1.76 bits per heavy atom. The summed E-state index contributed by atoms with van der Waals surface area (Å²) in [6.45, 7) is 2.37. The first kappa shape index (κ1) is 23.7. The van der Waals surface area contributed by atoms with Crippen molar-refractivity contribution in [3.63, 3.8) is 0 Å². The molecule has 0 spiro atoms. The first-order valence-electron chi connectivity index (χ1n) is 9.99. The maximum atomic E-state index is 14.1. The second-order valence-corrected chi connectivity index (χ2v) is 6.92. The van der Waals surface area contributed by atoms with E-state index in [9.17, 15) is 28.0 Å². The standard InChI is InChI=1S/C23H20F3N3O4/c1-3-32-17(30)12-29-20-15(11-27)14(13-8-6-5-7-9-13)10-16(23(24,25)26)18(20)19(28)21(29)22(31)33-4-2/h5-10H,3-4,12,28H2,1-2H3. The molecule has 0 aliphatic rings. The van der Waals surface area contributed by atoms with E-state index in [1.54, 1.807) is 37.3 Å². The van der Waals surface area contributed by atoms with Crippen molar-refractivity contribution in [1.29, 1.82) is 5.26 Å². The molecule has 0 radical (unpaired) electrons. The lowest BCUT2D eigenvalue weighted by Gasteiger charge is -2.15. The number of ether oxygens (including phenoxy) is 2. The average Bonchev–Trinajstić information content (AvgIpc) is 3.04. The molecule has 172 valence electrons. The van der Waals surface area contributed by atoms with Gasteiger partial charge in [0.15, 0.2) is 5.69 Å². The molecular formula is C23H20F3N3O4. The van der Waals surface area contributed by atoms with Crippen LogP contribution >= 0.6 is 0 Å². The highest BCUT2D eigenvalue weighted by Crippen LogP contribution is 2.45. The van der Waals surface area contributed by atoms with Gasteiger partial charge in [-0.1, -0.05) is 30.3 Å². The van der Waals surface area contributed by atoms with E-state index in [1.807, 2.05) is 6.07 Å². The van der Waals surface area contributed by atoms with E-state index in [0.29, 0.717) is 5.56 Å². The molecule has 0 unspecified atom stereocenters. The van der Waals surface area contributed by atoms with Crippen molar-refractivity contribution < 1.29 is 32.2 Å². The van der Waals surface area contributed by atoms with Gasteiger partial charge in [-0.2, -0.15) is 18.4 Å². The number of halogens is 3. The Labute approximate surface area is 187 Å². The normalized spacial score (nSPS) is 11.3. The molecule has 10 heteroatoms. The molecule has 0 aliphatic carbocycles. The summed E-state index contributed by atoms with van der Waals surface area (Å²) in [7, 11) is 0. The number of aromatic nitrogens is 1. The summed E-state index contributed by atoms with van der Waals surface area (Å²) in [6, 6.07) is 10.8. The number of nitrogens with zero attached hydrogens (tertiary/aromatic N) is 2. The molecule has 1 heterocycles. The number of nitriles is 1. The molecule has 0 saturated carbocycles. The quantitative estimate of drug-likeness (QED) is 0.543. The van der Waals surface area contributed by atoms with Crippen molar-refractivity contribution in [3.05, 3.63) is 53.2 Å². The molecular weight excluding hydrogens is 439 g/mol. The van der Waals surface area contributed by atoms with Crippen LogP contribution in [0, 0.1) is 11.3 Å². The third-order valence-electron chi connectivity index (χ3n) is 4.93. The maximum absolute atomic E-state index is 14.1. The van der Waals surface area contributed by atoms with Crippen molar-refractivity contribution >= 4 is 28.5 Å². The largest absolute Gasteiger partial charge is 0.465 e. The van der Waals surface area contributed by atoms with Gasteiger partial charge in [0.2, 0.25) is 0 Å². The van der Waals surface area contributed by atoms with Crippen molar-refractivity contribution in [1.82, 2.24) is 4.57 Å². The molecule has 0 fully saturated rings. The predicted octanol–water partition coefficient (Wildman–Crippen LogP) is 4.52. The van der Waals surface area contributed by atoms with Crippen LogP contribution in [0.1, 0.15) is 35.5 Å². The van der Waals surface area contributed by atoms with Crippen LogP contribution < -0.4 is 5.73 Å². The number of hydrogen-bond donors (Lipinski definition) is 1. The molecule has 0 amide bonds. The van der Waals surface area contributed by atoms with Crippen LogP contribution in [0.15, 0.2) is 36.4 Å². The van der Waals surface area contributed by atoms with Gasteiger partial charge in [-0.25, -0.2) is 4.79 Å². The van der Waals surface area contributed by atoms with Crippen molar-refractivity contribution in [2.24, 2.45) is 0 Å². The number of nitrogen functional groups attached to an aromatic ring is 1. The third-order valence-corrected chi connectivity index (χ3v) is 4.93. The SMILES string of the molecule is CCOC(=O)Cn1c(C(=O)OCC)c(N)c2c(C(F)(F)F)cc(-c3ccccc3)c(C#N)c21. The van der Waals surface area contributed by atoms with Crippen molar-refractivity contribution in [2.75, 3.05) is 18.9 Å². The lowest BCUT2D eigenvalue weighted by Crippen LogP contribution is -2.20. The highest BCUT2D eigenvalue weighted by Gasteiger charge is 2.38. The summed E-state index contributed by atoms with van der Waals surface area (Å²) in [4.78, 5) is 25.0. The second kappa shape index (κ2) is 9.24. The molecule has 2 aromatic carbocycles. The van der Waals surface area contributed by atoms with Crippen LogP contribution in [-0.2, 0) is 27.0 Å². The Bertz CT molecular complexity index is 1260. The van der Waals surface area contributed by atoms with E-state index >= 15 is 0 Å². The van der Waals surface area contributed by atoms with Gasteiger partial charge in [-0.3, -0.25) is 4.79 Å². The molecule has 7 nitrogen and oxygen atoms in total. The number of carbonyl (C=O) groups excluding carboxylic acids is 2. The predicted molar refractivity (Wildman–Crippen MR) is 114 cm³/mol. The van der Waals surface area contributed by atoms with Crippen molar-refractivity contribution in [3.8, 4) is 17.2 Å².